The summed E-state index contributed by atoms with van der Waals surface area (Å²) in [7, 11) is 1.49. The van der Waals surface area contributed by atoms with Gasteiger partial charge in [-0.2, -0.15) is 0 Å². The number of nitrogens with two attached hydrogens (primary N) is 1. The Balaban J connectivity index is 2.30. The quantitative estimate of drug-likeness (QED) is 0.594. The third-order valence-electron chi connectivity index (χ3n) is 2.15. The first kappa shape index (κ1) is 10.2. The first-order chi connectivity index (χ1) is 6.27. The predicted octanol–water partition coefficient (Wildman–Crippen LogP) is -0.205. The average Bonchev–Trinajstić information content (AvgIpc) is 2.59. The number of nitrogens with one attached hydrogen (secondary N) is 1. The van der Waals surface area contributed by atoms with E-state index in [0.717, 1.165) is 12.8 Å². The van der Waals surface area contributed by atoms with Gasteiger partial charge in [0.05, 0.1) is 0 Å². The van der Waals surface area contributed by atoms with Crippen LogP contribution >= 0.6 is 0 Å². The van der Waals surface area contributed by atoms with Crippen molar-refractivity contribution in [3.05, 3.63) is 12.2 Å². The molecule has 0 bridgehead atoms. The lowest BCUT2D eigenvalue weighted by Crippen LogP contribution is -2.44. The van der Waals surface area contributed by atoms with Crippen molar-refractivity contribution in [1.29, 1.82) is 0 Å². The van der Waals surface area contributed by atoms with Gasteiger partial charge in [-0.1, -0.05) is 12.2 Å². The molecule has 0 aromatic carbocycles. The highest BCUT2D eigenvalue weighted by molar-refractivity contribution is 5.81. The highest BCUT2D eigenvalue weighted by Crippen LogP contribution is 2.09. The van der Waals surface area contributed by atoms with E-state index < -0.39 is 6.10 Å². The third kappa shape index (κ3) is 2.82. The lowest BCUT2D eigenvalue weighted by Gasteiger charge is -2.17. The number of rotatable bonds is 4. The van der Waals surface area contributed by atoms with E-state index in [1.165, 1.54) is 7.11 Å². The lowest BCUT2D eigenvalue weighted by molar-refractivity contribution is -0.131. The molecule has 0 heterocycles. The molecule has 1 rings (SSSR count). The van der Waals surface area contributed by atoms with E-state index in [1.54, 1.807) is 0 Å². The van der Waals surface area contributed by atoms with Gasteiger partial charge in [0.15, 0.2) is 0 Å². The summed E-state index contributed by atoms with van der Waals surface area (Å²) in [4.78, 5) is 11.4. The summed E-state index contributed by atoms with van der Waals surface area (Å²) in [5.74, 6) is -0.112. The molecule has 0 fully saturated rings. The fourth-order valence-electron chi connectivity index (χ4n) is 1.34. The van der Waals surface area contributed by atoms with Gasteiger partial charge in [-0.15, -0.1) is 0 Å². The van der Waals surface area contributed by atoms with Crippen LogP contribution in [-0.4, -0.2) is 31.7 Å². The minimum absolute atomic E-state index is 0.112. The van der Waals surface area contributed by atoms with Crippen molar-refractivity contribution >= 4 is 5.91 Å². The standard InChI is InChI=1S/C9H16N2O2/c1-13-8(6-10)9(12)11-7-4-2-3-5-7/h2-3,7-8H,4-6,10H2,1H3,(H,11,12). The molecule has 0 aliphatic heterocycles. The maximum Gasteiger partial charge on any atom is 0.250 e. The molecule has 4 nitrogen and oxygen atoms in total. The Morgan fingerprint density at radius 3 is 2.77 bits per heavy atom. The van der Waals surface area contributed by atoms with Crippen molar-refractivity contribution < 1.29 is 9.53 Å². The van der Waals surface area contributed by atoms with Gasteiger partial charge in [0, 0.05) is 19.7 Å². The van der Waals surface area contributed by atoms with E-state index in [0.29, 0.717) is 0 Å². The Morgan fingerprint density at radius 2 is 2.31 bits per heavy atom. The second kappa shape index (κ2) is 4.99. The first-order valence-electron chi connectivity index (χ1n) is 4.46. The van der Waals surface area contributed by atoms with Gasteiger partial charge < -0.3 is 15.8 Å². The molecule has 1 aliphatic carbocycles. The fraction of sp³-hybridized carbons (Fsp3) is 0.667. The SMILES string of the molecule is COC(CN)C(=O)NC1CC=CC1. The molecule has 4 heteroatoms. The average molecular weight is 184 g/mol. The van der Waals surface area contributed by atoms with Gasteiger partial charge in [0.25, 0.3) is 5.91 Å². The van der Waals surface area contributed by atoms with Gasteiger partial charge in [-0.05, 0) is 12.8 Å². The van der Waals surface area contributed by atoms with Crippen molar-refractivity contribution in [3.8, 4) is 0 Å². The molecule has 0 spiro atoms. The number of carbonyl (C=O) groups is 1. The summed E-state index contributed by atoms with van der Waals surface area (Å²) < 4.78 is 4.91. The molecule has 0 saturated heterocycles. The van der Waals surface area contributed by atoms with Crippen molar-refractivity contribution in [2.24, 2.45) is 5.73 Å². The Hall–Kier alpha value is -0.870. The van der Waals surface area contributed by atoms with Crippen LogP contribution in [-0.2, 0) is 9.53 Å². The lowest BCUT2D eigenvalue weighted by atomic mass is 10.2. The van der Waals surface area contributed by atoms with Crippen molar-refractivity contribution in [2.75, 3.05) is 13.7 Å². The summed E-state index contributed by atoms with van der Waals surface area (Å²) in [6.45, 7) is 0.225. The Labute approximate surface area is 78.1 Å². The van der Waals surface area contributed by atoms with Crippen molar-refractivity contribution in [2.45, 2.75) is 25.0 Å². The zero-order chi connectivity index (χ0) is 9.68. The zero-order valence-corrected chi connectivity index (χ0v) is 7.82. The van der Waals surface area contributed by atoms with Crippen LogP contribution in [0.5, 0.6) is 0 Å². The maximum absolute atomic E-state index is 11.4. The van der Waals surface area contributed by atoms with Crippen LogP contribution in [0.15, 0.2) is 12.2 Å². The van der Waals surface area contributed by atoms with Crippen LogP contribution in [0.4, 0.5) is 0 Å². The first-order valence-corrected chi connectivity index (χ1v) is 4.46. The number of carbonyl (C=O) groups excluding carboxylic acids is 1. The molecule has 0 radical (unpaired) electrons. The second-order valence-corrected chi connectivity index (χ2v) is 3.11. The topological polar surface area (TPSA) is 64.3 Å². The maximum atomic E-state index is 11.4. The molecule has 74 valence electrons. The summed E-state index contributed by atoms with van der Waals surface area (Å²) >= 11 is 0. The van der Waals surface area contributed by atoms with Crippen LogP contribution in [0, 0.1) is 0 Å². The van der Waals surface area contributed by atoms with Gasteiger partial charge >= 0.3 is 0 Å². The molecule has 3 N–H and O–H groups in total. The minimum Gasteiger partial charge on any atom is -0.370 e. The summed E-state index contributed by atoms with van der Waals surface area (Å²) in [6.07, 6.45) is 5.43. The van der Waals surface area contributed by atoms with E-state index in [9.17, 15) is 4.79 Å². The molecule has 1 amide bonds. The fourth-order valence-corrected chi connectivity index (χ4v) is 1.34. The Kier molecular flexibility index (Phi) is 3.92. The molecule has 0 aromatic heterocycles. The monoisotopic (exact) mass is 184 g/mol. The summed E-state index contributed by atoms with van der Waals surface area (Å²) in [5, 5.41) is 2.87. The van der Waals surface area contributed by atoms with Gasteiger partial charge in [-0.25, -0.2) is 0 Å². The van der Waals surface area contributed by atoms with Crippen LogP contribution in [0.25, 0.3) is 0 Å². The highest BCUT2D eigenvalue weighted by Gasteiger charge is 2.19. The number of amides is 1. The van der Waals surface area contributed by atoms with Crippen LogP contribution in [0.2, 0.25) is 0 Å². The highest BCUT2D eigenvalue weighted by atomic mass is 16.5. The van der Waals surface area contributed by atoms with Crippen molar-refractivity contribution in [3.63, 3.8) is 0 Å². The van der Waals surface area contributed by atoms with Gasteiger partial charge in [0.2, 0.25) is 0 Å². The van der Waals surface area contributed by atoms with Crippen molar-refractivity contribution in [1.82, 2.24) is 5.32 Å². The summed E-state index contributed by atoms with van der Waals surface area (Å²) in [6, 6.07) is 0.233. The van der Waals surface area contributed by atoms with E-state index in [-0.39, 0.29) is 18.5 Å². The third-order valence-corrected chi connectivity index (χ3v) is 2.15. The zero-order valence-electron chi connectivity index (χ0n) is 7.82. The minimum atomic E-state index is -0.513. The molecule has 1 aliphatic rings. The molecular weight excluding hydrogens is 168 g/mol. The number of hydrogen-bond acceptors (Lipinski definition) is 3. The smallest absolute Gasteiger partial charge is 0.250 e. The Morgan fingerprint density at radius 1 is 1.69 bits per heavy atom. The van der Waals surface area contributed by atoms with Gasteiger partial charge in [-0.3, -0.25) is 4.79 Å². The summed E-state index contributed by atoms with van der Waals surface area (Å²) in [5.41, 5.74) is 5.36. The molecular formula is C9H16N2O2. The molecule has 0 saturated carbocycles. The van der Waals surface area contributed by atoms with E-state index >= 15 is 0 Å². The van der Waals surface area contributed by atoms with Crippen LogP contribution in [0.1, 0.15) is 12.8 Å². The normalized spacial score (nSPS) is 18.9. The number of methoxy groups -OCH3 is 1. The largest absolute Gasteiger partial charge is 0.370 e. The van der Waals surface area contributed by atoms with E-state index in [2.05, 4.69) is 17.5 Å². The molecule has 0 aromatic rings. The number of ether oxygens (including phenoxy) is 1. The Bertz CT molecular complexity index is 192. The molecule has 13 heavy (non-hydrogen) atoms. The van der Waals surface area contributed by atoms with E-state index in [4.69, 9.17) is 10.5 Å². The van der Waals surface area contributed by atoms with Crippen LogP contribution in [0.3, 0.4) is 0 Å². The second-order valence-electron chi connectivity index (χ2n) is 3.11. The van der Waals surface area contributed by atoms with Gasteiger partial charge in [0.1, 0.15) is 6.10 Å². The van der Waals surface area contributed by atoms with Crippen LogP contribution < -0.4 is 11.1 Å². The number of hydrogen-bond donors (Lipinski definition) is 2. The molecule has 1 atom stereocenters. The molecule has 1 unspecified atom stereocenters. The van der Waals surface area contributed by atoms with E-state index in [1.807, 2.05) is 0 Å². The predicted molar refractivity (Wildman–Crippen MR) is 50.2 cm³/mol.